The highest BCUT2D eigenvalue weighted by atomic mass is 16.6. The van der Waals surface area contributed by atoms with Gasteiger partial charge in [0, 0.05) is 12.6 Å². The van der Waals surface area contributed by atoms with Crippen LogP contribution >= 0.6 is 0 Å². The number of amides is 2. The molecular formula is C19H29N3O6. The van der Waals surface area contributed by atoms with Crippen molar-refractivity contribution in [2.24, 2.45) is 0 Å². The summed E-state index contributed by atoms with van der Waals surface area (Å²) < 4.78 is 15.1. The number of methoxy groups -OCH3 is 1. The van der Waals surface area contributed by atoms with Gasteiger partial charge in [0.2, 0.25) is 0 Å². The Labute approximate surface area is 165 Å². The van der Waals surface area contributed by atoms with Gasteiger partial charge >= 0.3 is 18.2 Å². The Morgan fingerprint density at radius 2 is 1.57 bits per heavy atom. The molecule has 1 aromatic heterocycles. The molecule has 0 spiro atoms. The number of nitrogens with zero attached hydrogens (tertiary/aromatic N) is 1. The third-order valence-electron chi connectivity index (χ3n) is 3.07. The first-order valence-corrected chi connectivity index (χ1v) is 8.81. The first-order valence-electron chi connectivity index (χ1n) is 8.81. The maximum Gasteiger partial charge on any atom is 0.413 e. The number of hydrogen-bond acceptors (Lipinski definition) is 7. The van der Waals surface area contributed by atoms with Crippen molar-refractivity contribution in [1.29, 1.82) is 0 Å². The van der Waals surface area contributed by atoms with E-state index in [2.05, 4.69) is 15.6 Å². The van der Waals surface area contributed by atoms with Crippen LogP contribution in [0.3, 0.4) is 0 Å². The smallest absolute Gasteiger partial charge is 0.413 e. The van der Waals surface area contributed by atoms with Crippen LogP contribution in [0.5, 0.6) is 0 Å². The average Bonchev–Trinajstić information content (AvgIpc) is 2.51. The van der Waals surface area contributed by atoms with E-state index in [0.29, 0.717) is 11.4 Å². The average molecular weight is 395 g/mol. The Morgan fingerprint density at radius 1 is 1.00 bits per heavy atom. The zero-order valence-electron chi connectivity index (χ0n) is 17.4. The van der Waals surface area contributed by atoms with Gasteiger partial charge in [-0.1, -0.05) is 6.07 Å². The summed E-state index contributed by atoms with van der Waals surface area (Å²) in [5.74, 6) is -0.311. The van der Waals surface area contributed by atoms with Gasteiger partial charge in [-0.2, -0.15) is 0 Å². The summed E-state index contributed by atoms with van der Waals surface area (Å²) in [6.45, 7) is 10.4. The van der Waals surface area contributed by atoms with Crippen molar-refractivity contribution in [3.8, 4) is 0 Å². The third-order valence-corrected chi connectivity index (χ3v) is 3.07. The monoisotopic (exact) mass is 395 g/mol. The molecule has 0 radical (unpaired) electrons. The summed E-state index contributed by atoms with van der Waals surface area (Å²) in [5.41, 5.74) is -0.659. The molecule has 0 aliphatic carbocycles. The van der Waals surface area contributed by atoms with Crippen molar-refractivity contribution in [3.63, 3.8) is 0 Å². The number of carbonyl (C=O) groups excluding carboxylic acids is 3. The molecule has 0 saturated heterocycles. The molecule has 156 valence electrons. The molecule has 1 aromatic rings. The minimum absolute atomic E-state index is 0.144. The first-order chi connectivity index (χ1) is 12.8. The molecule has 9 nitrogen and oxygen atoms in total. The van der Waals surface area contributed by atoms with Gasteiger partial charge in [-0.3, -0.25) is 5.32 Å². The summed E-state index contributed by atoms with van der Waals surface area (Å²) in [5, 5.41) is 5.01. The molecule has 1 rings (SSSR count). The van der Waals surface area contributed by atoms with E-state index < -0.39 is 35.4 Å². The number of aromatic nitrogens is 1. The number of ether oxygens (including phenoxy) is 3. The van der Waals surface area contributed by atoms with Crippen LogP contribution in [0.4, 0.5) is 15.4 Å². The maximum atomic E-state index is 12.0. The van der Waals surface area contributed by atoms with Crippen molar-refractivity contribution in [2.45, 2.75) is 65.2 Å². The molecule has 0 fully saturated rings. The van der Waals surface area contributed by atoms with Crippen molar-refractivity contribution < 1.29 is 28.6 Å². The molecule has 0 aliphatic heterocycles. The van der Waals surface area contributed by atoms with Crippen LogP contribution < -0.4 is 10.6 Å². The Balaban J connectivity index is 2.75. The summed E-state index contributed by atoms with van der Waals surface area (Å²) >= 11 is 0. The van der Waals surface area contributed by atoms with Crippen molar-refractivity contribution in [3.05, 3.63) is 23.9 Å². The fourth-order valence-electron chi connectivity index (χ4n) is 2.05. The van der Waals surface area contributed by atoms with Crippen LogP contribution in [0.15, 0.2) is 18.3 Å². The SMILES string of the molecule is COC(=O)[C@H](Cc1ccc(NC(=O)OC(C)(C)C)nc1)NC(=O)OC(C)(C)C. The van der Waals surface area contributed by atoms with E-state index in [0.717, 1.165) is 0 Å². The van der Waals surface area contributed by atoms with Gasteiger partial charge in [0.15, 0.2) is 0 Å². The maximum absolute atomic E-state index is 12.0. The van der Waals surface area contributed by atoms with E-state index in [-0.39, 0.29) is 6.42 Å². The second-order valence-electron chi connectivity index (χ2n) is 8.10. The Hall–Kier alpha value is -2.84. The van der Waals surface area contributed by atoms with Gasteiger partial charge in [0.05, 0.1) is 7.11 Å². The molecule has 1 atom stereocenters. The molecule has 0 saturated carbocycles. The van der Waals surface area contributed by atoms with Crippen LogP contribution in [-0.4, -0.2) is 47.5 Å². The van der Waals surface area contributed by atoms with Crippen molar-refractivity contribution in [1.82, 2.24) is 10.3 Å². The van der Waals surface area contributed by atoms with Crippen molar-refractivity contribution >= 4 is 24.0 Å². The number of alkyl carbamates (subject to hydrolysis) is 1. The second kappa shape index (κ2) is 9.38. The fraction of sp³-hybridized carbons (Fsp3) is 0.579. The number of hydrogen-bond donors (Lipinski definition) is 2. The standard InChI is InChI=1S/C19H29N3O6/c1-18(2,3)27-16(24)21-13(15(23)26-7)10-12-8-9-14(20-11-12)22-17(25)28-19(4,5)6/h8-9,11,13H,10H2,1-7H3,(H,21,24)(H,20,22,25)/t13-/m0/s1. The highest BCUT2D eigenvalue weighted by Gasteiger charge is 2.25. The summed E-state index contributed by atoms with van der Waals surface area (Å²) in [4.78, 5) is 39.8. The minimum atomic E-state index is -0.939. The van der Waals surface area contributed by atoms with E-state index in [1.807, 2.05) is 0 Å². The van der Waals surface area contributed by atoms with Crippen LogP contribution in [0.2, 0.25) is 0 Å². The van der Waals surface area contributed by atoms with E-state index in [9.17, 15) is 14.4 Å². The second-order valence-corrected chi connectivity index (χ2v) is 8.10. The van der Waals surface area contributed by atoms with E-state index >= 15 is 0 Å². The summed E-state index contributed by atoms with van der Waals surface area (Å²) in [7, 11) is 1.23. The van der Waals surface area contributed by atoms with Gasteiger partial charge in [0.25, 0.3) is 0 Å². The van der Waals surface area contributed by atoms with Gasteiger partial charge in [-0.15, -0.1) is 0 Å². The Morgan fingerprint density at radius 3 is 2.04 bits per heavy atom. The Bertz CT molecular complexity index is 689. The molecule has 0 aromatic carbocycles. The number of rotatable bonds is 5. The number of carbonyl (C=O) groups is 3. The van der Waals surface area contributed by atoms with Gasteiger partial charge in [-0.25, -0.2) is 19.4 Å². The lowest BCUT2D eigenvalue weighted by molar-refractivity contribution is -0.143. The van der Waals surface area contributed by atoms with Gasteiger partial charge in [0.1, 0.15) is 23.1 Å². The predicted molar refractivity (Wildman–Crippen MR) is 103 cm³/mol. The lowest BCUT2D eigenvalue weighted by atomic mass is 10.1. The highest BCUT2D eigenvalue weighted by molar-refractivity contribution is 5.83. The van der Waals surface area contributed by atoms with Crippen LogP contribution in [0, 0.1) is 0 Å². The molecule has 28 heavy (non-hydrogen) atoms. The number of anilines is 1. The predicted octanol–water partition coefficient (Wildman–Crippen LogP) is 3.04. The summed E-state index contributed by atoms with van der Waals surface area (Å²) in [6.07, 6.45) is 0.288. The zero-order valence-corrected chi connectivity index (χ0v) is 17.4. The van der Waals surface area contributed by atoms with Crippen LogP contribution in [0.1, 0.15) is 47.1 Å². The van der Waals surface area contributed by atoms with Crippen molar-refractivity contribution in [2.75, 3.05) is 12.4 Å². The number of pyridine rings is 1. The molecule has 0 aliphatic rings. The number of nitrogens with one attached hydrogen (secondary N) is 2. The largest absolute Gasteiger partial charge is 0.467 e. The Kier molecular flexibility index (Phi) is 7.78. The van der Waals surface area contributed by atoms with E-state index in [1.54, 1.807) is 53.7 Å². The van der Waals surface area contributed by atoms with E-state index in [4.69, 9.17) is 14.2 Å². The first kappa shape index (κ1) is 23.2. The highest BCUT2D eigenvalue weighted by Crippen LogP contribution is 2.12. The molecular weight excluding hydrogens is 366 g/mol. The topological polar surface area (TPSA) is 116 Å². The lowest BCUT2D eigenvalue weighted by Crippen LogP contribution is -2.45. The molecule has 0 unspecified atom stereocenters. The molecule has 2 amide bonds. The fourth-order valence-corrected chi connectivity index (χ4v) is 2.05. The quantitative estimate of drug-likeness (QED) is 0.581. The molecule has 2 N–H and O–H groups in total. The summed E-state index contributed by atoms with van der Waals surface area (Å²) in [6, 6.07) is 2.30. The minimum Gasteiger partial charge on any atom is -0.467 e. The zero-order chi connectivity index (χ0) is 21.5. The molecule has 9 heteroatoms. The van der Waals surface area contributed by atoms with Gasteiger partial charge in [-0.05, 0) is 53.2 Å². The van der Waals surface area contributed by atoms with Gasteiger partial charge < -0.3 is 19.5 Å². The number of esters is 1. The van der Waals surface area contributed by atoms with E-state index in [1.165, 1.54) is 13.3 Å². The normalized spacial score (nSPS) is 12.5. The van der Waals surface area contributed by atoms with Crippen LogP contribution in [-0.2, 0) is 25.4 Å². The third kappa shape index (κ3) is 9.20. The molecule has 0 bridgehead atoms. The molecule has 1 heterocycles. The lowest BCUT2D eigenvalue weighted by Gasteiger charge is -2.22. The van der Waals surface area contributed by atoms with Crippen LogP contribution in [0.25, 0.3) is 0 Å².